The highest BCUT2D eigenvalue weighted by Crippen LogP contribution is 2.25. The molecule has 4 heteroatoms. The van der Waals surface area contributed by atoms with E-state index in [1.54, 1.807) is 25.3 Å². The van der Waals surface area contributed by atoms with Gasteiger partial charge in [0.15, 0.2) is 0 Å². The van der Waals surface area contributed by atoms with Gasteiger partial charge in [-0.3, -0.25) is 0 Å². The molecule has 0 saturated carbocycles. The lowest BCUT2D eigenvalue weighted by atomic mass is 9.92. The first-order valence-electron chi connectivity index (χ1n) is 6.51. The van der Waals surface area contributed by atoms with Gasteiger partial charge in [-0.25, -0.2) is 9.37 Å². The maximum atomic E-state index is 12.9. The van der Waals surface area contributed by atoms with E-state index in [0.29, 0.717) is 12.0 Å². The number of imidazole rings is 1. The zero-order chi connectivity index (χ0) is 13.9. The molecule has 0 saturated heterocycles. The summed E-state index contributed by atoms with van der Waals surface area (Å²) in [6.45, 7) is 4.71. The Kier molecular flexibility index (Phi) is 4.00. The number of hydrogen-bond acceptors (Lipinski definition) is 2. The van der Waals surface area contributed by atoms with E-state index in [2.05, 4.69) is 11.9 Å². The zero-order valence-electron chi connectivity index (χ0n) is 11.3. The average Bonchev–Trinajstić information content (AvgIpc) is 2.77. The van der Waals surface area contributed by atoms with Crippen molar-refractivity contribution in [1.82, 2.24) is 9.55 Å². The van der Waals surface area contributed by atoms with Gasteiger partial charge in [-0.2, -0.15) is 0 Å². The van der Waals surface area contributed by atoms with E-state index in [0.717, 1.165) is 18.8 Å². The van der Waals surface area contributed by atoms with Crippen LogP contribution in [-0.4, -0.2) is 14.7 Å². The van der Waals surface area contributed by atoms with Crippen LogP contribution in [0.5, 0.6) is 0 Å². The van der Waals surface area contributed by atoms with Crippen LogP contribution >= 0.6 is 0 Å². The van der Waals surface area contributed by atoms with Crippen LogP contribution in [0.25, 0.3) is 0 Å². The van der Waals surface area contributed by atoms with Gasteiger partial charge in [-0.1, -0.05) is 19.1 Å². The van der Waals surface area contributed by atoms with Crippen molar-refractivity contribution in [3.05, 3.63) is 53.9 Å². The molecular formula is C15H19FN2O. The van der Waals surface area contributed by atoms with E-state index in [9.17, 15) is 9.50 Å². The first-order chi connectivity index (χ1) is 9.03. The summed E-state index contributed by atoms with van der Waals surface area (Å²) in [6, 6.07) is 5.95. The first kappa shape index (κ1) is 13.7. The molecule has 102 valence electrons. The summed E-state index contributed by atoms with van der Waals surface area (Å²) in [5, 5.41) is 10.6. The molecule has 0 bridgehead atoms. The van der Waals surface area contributed by atoms with Crippen molar-refractivity contribution >= 4 is 0 Å². The van der Waals surface area contributed by atoms with Gasteiger partial charge in [0.2, 0.25) is 0 Å². The normalized spacial score (nSPS) is 14.3. The van der Waals surface area contributed by atoms with Gasteiger partial charge in [0.1, 0.15) is 11.6 Å². The number of aryl methyl sites for hydroxylation is 1. The van der Waals surface area contributed by atoms with Crippen LogP contribution in [0, 0.1) is 5.82 Å². The van der Waals surface area contributed by atoms with E-state index in [-0.39, 0.29) is 5.82 Å². The van der Waals surface area contributed by atoms with E-state index in [1.165, 1.54) is 12.1 Å². The third-order valence-corrected chi connectivity index (χ3v) is 3.23. The lowest BCUT2D eigenvalue weighted by Crippen LogP contribution is -2.26. The Labute approximate surface area is 112 Å². The van der Waals surface area contributed by atoms with Crippen LogP contribution in [0.3, 0.4) is 0 Å². The number of hydrogen-bond donors (Lipinski definition) is 1. The molecule has 0 aliphatic heterocycles. The highest BCUT2D eigenvalue weighted by atomic mass is 19.1. The van der Waals surface area contributed by atoms with Gasteiger partial charge in [0.25, 0.3) is 0 Å². The second-order valence-corrected chi connectivity index (χ2v) is 4.99. The van der Waals surface area contributed by atoms with Crippen molar-refractivity contribution < 1.29 is 9.50 Å². The lowest BCUT2D eigenvalue weighted by molar-refractivity contribution is 0.0544. The Hall–Kier alpha value is -1.68. The second-order valence-electron chi connectivity index (χ2n) is 4.99. The first-order valence-corrected chi connectivity index (χ1v) is 6.51. The molecule has 0 spiro atoms. The van der Waals surface area contributed by atoms with Gasteiger partial charge < -0.3 is 9.67 Å². The predicted octanol–water partition coefficient (Wildman–Crippen LogP) is 2.88. The summed E-state index contributed by atoms with van der Waals surface area (Å²) in [5.41, 5.74) is -0.357. The Morgan fingerprint density at radius 2 is 2.00 bits per heavy atom. The molecule has 1 heterocycles. The molecule has 2 aromatic rings. The maximum absolute atomic E-state index is 12.9. The molecule has 0 fully saturated rings. The fourth-order valence-corrected chi connectivity index (χ4v) is 2.17. The molecule has 1 aromatic heterocycles. The Balaban J connectivity index is 2.20. The van der Waals surface area contributed by atoms with Crippen LogP contribution in [-0.2, 0) is 18.6 Å². The number of halogens is 1. The zero-order valence-corrected chi connectivity index (χ0v) is 11.3. The summed E-state index contributed by atoms with van der Waals surface area (Å²) >= 11 is 0. The predicted molar refractivity (Wildman–Crippen MR) is 72.2 cm³/mol. The highest BCUT2D eigenvalue weighted by Gasteiger charge is 2.25. The summed E-state index contributed by atoms with van der Waals surface area (Å²) in [5.74, 6) is 0.545. The van der Waals surface area contributed by atoms with Crippen molar-refractivity contribution in [3.8, 4) is 0 Å². The maximum Gasteiger partial charge on any atom is 0.123 e. The number of aliphatic hydroxyl groups is 1. The summed E-state index contributed by atoms with van der Waals surface area (Å²) in [7, 11) is 0. The molecule has 0 amide bonds. The summed E-state index contributed by atoms with van der Waals surface area (Å²) in [6.07, 6.45) is 5.08. The molecule has 19 heavy (non-hydrogen) atoms. The van der Waals surface area contributed by atoms with Crippen LogP contribution in [0.15, 0.2) is 36.7 Å². The molecule has 1 atom stereocenters. The van der Waals surface area contributed by atoms with Crippen LogP contribution in [0.2, 0.25) is 0 Å². The van der Waals surface area contributed by atoms with Crippen molar-refractivity contribution in [1.29, 1.82) is 0 Å². The summed E-state index contributed by atoms with van der Waals surface area (Å²) < 4.78 is 15.0. The van der Waals surface area contributed by atoms with E-state index in [1.807, 2.05) is 10.8 Å². The van der Waals surface area contributed by atoms with Crippen molar-refractivity contribution in [2.75, 3.05) is 0 Å². The summed E-state index contributed by atoms with van der Waals surface area (Å²) in [4.78, 5) is 4.29. The van der Waals surface area contributed by atoms with Crippen molar-refractivity contribution in [3.63, 3.8) is 0 Å². The fraction of sp³-hybridized carbons (Fsp3) is 0.400. The third-order valence-electron chi connectivity index (χ3n) is 3.23. The average molecular weight is 262 g/mol. The van der Waals surface area contributed by atoms with Gasteiger partial charge in [-0.15, -0.1) is 0 Å². The SMILES string of the molecule is CCCn1ccnc1CC(C)(O)c1ccc(F)cc1. The van der Waals surface area contributed by atoms with E-state index in [4.69, 9.17) is 0 Å². The highest BCUT2D eigenvalue weighted by molar-refractivity contribution is 5.23. The minimum atomic E-state index is -1.05. The molecule has 0 aliphatic carbocycles. The van der Waals surface area contributed by atoms with Crippen molar-refractivity contribution in [2.45, 2.75) is 38.8 Å². The van der Waals surface area contributed by atoms with Crippen LogP contribution in [0.1, 0.15) is 31.7 Å². The molecular weight excluding hydrogens is 243 g/mol. The van der Waals surface area contributed by atoms with Gasteiger partial charge in [0, 0.05) is 25.4 Å². The monoisotopic (exact) mass is 262 g/mol. The number of rotatable bonds is 5. The largest absolute Gasteiger partial charge is 0.385 e. The molecule has 1 unspecified atom stereocenters. The number of benzene rings is 1. The Bertz CT molecular complexity index is 531. The van der Waals surface area contributed by atoms with Gasteiger partial charge in [-0.05, 0) is 31.0 Å². The molecule has 1 aromatic carbocycles. The van der Waals surface area contributed by atoms with Crippen LogP contribution in [0.4, 0.5) is 4.39 Å². The fourth-order valence-electron chi connectivity index (χ4n) is 2.17. The van der Waals surface area contributed by atoms with Gasteiger partial charge in [0.05, 0.1) is 5.60 Å². The minimum Gasteiger partial charge on any atom is -0.385 e. The quantitative estimate of drug-likeness (QED) is 0.899. The smallest absolute Gasteiger partial charge is 0.123 e. The third kappa shape index (κ3) is 3.20. The lowest BCUT2D eigenvalue weighted by Gasteiger charge is -2.24. The molecule has 0 aliphatic rings. The van der Waals surface area contributed by atoms with E-state index < -0.39 is 5.60 Å². The Morgan fingerprint density at radius 1 is 1.32 bits per heavy atom. The molecule has 2 rings (SSSR count). The number of aromatic nitrogens is 2. The van der Waals surface area contributed by atoms with E-state index >= 15 is 0 Å². The standard InChI is InChI=1S/C15H19FN2O/c1-3-9-18-10-8-17-14(18)11-15(2,19)12-4-6-13(16)7-5-12/h4-8,10,19H,3,9,11H2,1-2H3. The number of nitrogens with zero attached hydrogens (tertiary/aromatic N) is 2. The molecule has 0 radical (unpaired) electrons. The van der Waals surface area contributed by atoms with Gasteiger partial charge >= 0.3 is 0 Å². The molecule has 3 nitrogen and oxygen atoms in total. The van der Waals surface area contributed by atoms with Crippen LogP contribution < -0.4 is 0 Å². The topological polar surface area (TPSA) is 38.0 Å². The second kappa shape index (κ2) is 5.53. The Morgan fingerprint density at radius 3 is 2.63 bits per heavy atom. The molecule has 1 N–H and O–H groups in total. The minimum absolute atomic E-state index is 0.299. The van der Waals surface area contributed by atoms with Crippen molar-refractivity contribution in [2.24, 2.45) is 0 Å².